The van der Waals surface area contributed by atoms with Crippen LogP contribution in [-0.2, 0) is 28.4 Å². The average molecular weight is 1200 g/mol. The molecule has 6 heterocycles. The maximum absolute atomic E-state index is 14.1. The zero-order valence-electron chi connectivity index (χ0n) is 46.3. The molecule has 4 fully saturated rings. The highest BCUT2D eigenvalue weighted by atomic mass is 32.1. The van der Waals surface area contributed by atoms with Crippen molar-refractivity contribution in [3.63, 3.8) is 0 Å². The van der Waals surface area contributed by atoms with E-state index >= 15 is 0 Å². The van der Waals surface area contributed by atoms with Gasteiger partial charge >= 0.3 is 12.4 Å². The van der Waals surface area contributed by atoms with Crippen LogP contribution in [0.2, 0.25) is 0 Å². The molecule has 2 aromatic carbocycles. The van der Waals surface area contributed by atoms with Gasteiger partial charge in [0.1, 0.15) is 12.2 Å². The van der Waals surface area contributed by atoms with Gasteiger partial charge < -0.3 is 20.5 Å². The van der Waals surface area contributed by atoms with Crippen molar-refractivity contribution in [1.82, 2.24) is 54.8 Å². The Labute approximate surface area is 482 Å². The number of piperidine rings is 2. The van der Waals surface area contributed by atoms with Gasteiger partial charge in [0.05, 0.1) is 41.1 Å². The number of carbonyl (C=O) groups excluding carboxylic acids is 3. The van der Waals surface area contributed by atoms with Crippen molar-refractivity contribution in [2.75, 3.05) is 49.5 Å². The lowest BCUT2D eigenvalue weighted by atomic mass is 10.0. The molecular weight excluding hydrogens is 1140 g/mol. The second-order valence-electron chi connectivity index (χ2n) is 22.2. The number of nitrogens with zero attached hydrogens (tertiary/aromatic N) is 10. The van der Waals surface area contributed by atoms with E-state index in [9.17, 15) is 58.3 Å². The molecule has 6 aromatic rings. The Hall–Kier alpha value is -6.74. The fourth-order valence-electron chi connectivity index (χ4n) is 11.7. The monoisotopic (exact) mass is 1200 g/mol. The number of aromatic nitrogens is 8. The van der Waals surface area contributed by atoms with E-state index < -0.39 is 59.2 Å². The number of benzene rings is 2. The highest BCUT2D eigenvalue weighted by Gasteiger charge is 2.40. The lowest BCUT2D eigenvalue weighted by Crippen LogP contribution is -2.45. The normalized spacial score (nSPS) is 18.7. The molecule has 2 aliphatic carbocycles. The molecule has 3 amide bonds. The number of hydrogen-bond donors (Lipinski definition) is 3. The lowest BCUT2D eigenvalue weighted by Gasteiger charge is -2.34. The minimum atomic E-state index is -4.61. The number of thiazole rings is 1. The SMILES string of the molecule is Cc1cnc(NC(=O)C[C@H](CCN2CCC(F)(F)CC2)N(C=O)c2cc(-c3ccccc3C(F)(F)F)n(C3CCCC3)n2)s1.O=C(N[C@@H](CCN1CCCC(F)(F)C1)Cc1nnc[nH]1)c1cc(-c2ccccc2C(F)(F)F)n(C2CCCC2)n1. The van der Waals surface area contributed by atoms with Gasteiger partial charge in [-0.1, -0.05) is 62.1 Å². The third kappa shape index (κ3) is 16.0. The van der Waals surface area contributed by atoms with E-state index in [1.165, 1.54) is 71.1 Å². The molecule has 84 heavy (non-hydrogen) atoms. The molecule has 4 aromatic heterocycles. The number of H-pyrrole nitrogens is 1. The number of aryl methyl sites for hydroxylation is 1. The first-order chi connectivity index (χ1) is 40.0. The smallest absolute Gasteiger partial charge is 0.347 e. The average Bonchev–Trinajstić information content (AvgIpc) is 2.57. The molecule has 2 aliphatic heterocycles. The van der Waals surface area contributed by atoms with E-state index in [1.807, 2.05) is 11.8 Å². The Kier molecular flexibility index (Phi) is 19.6. The zero-order valence-corrected chi connectivity index (χ0v) is 47.1. The number of halogens is 10. The molecule has 2 atom stereocenters. The van der Waals surface area contributed by atoms with E-state index in [-0.39, 0.29) is 104 Å². The number of likely N-dealkylation sites (tertiary alicyclic amines) is 2. The molecule has 0 radical (unpaired) electrons. The van der Waals surface area contributed by atoms with Crippen LogP contribution in [-0.4, -0.2) is 131 Å². The van der Waals surface area contributed by atoms with Crippen LogP contribution in [0.15, 0.2) is 73.2 Å². The van der Waals surface area contributed by atoms with Crippen molar-refractivity contribution in [2.45, 2.75) is 158 Å². The van der Waals surface area contributed by atoms with Crippen LogP contribution < -0.4 is 15.5 Å². The molecule has 0 bridgehead atoms. The van der Waals surface area contributed by atoms with Gasteiger partial charge in [-0.05, 0) is 76.6 Å². The summed E-state index contributed by atoms with van der Waals surface area (Å²) >= 11 is 1.30. The predicted molar refractivity (Wildman–Crippen MR) is 295 cm³/mol. The van der Waals surface area contributed by atoms with Crippen molar-refractivity contribution < 1.29 is 58.3 Å². The maximum atomic E-state index is 14.1. The first-order valence-electron chi connectivity index (χ1n) is 28.4. The van der Waals surface area contributed by atoms with E-state index in [1.54, 1.807) is 20.5 Å². The Bertz CT molecular complexity index is 3140. The number of anilines is 2. The van der Waals surface area contributed by atoms with E-state index in [0.29, 0.717) is 49.8 Å². The molecule has 4 aliphatic rings. The lowest BCUT2D eigenvalue weighted by molar-refractivity contribution is -0.137. The summed E-state index contributed by atoms with van der Waals surface area (Å²) in [6.07, 6.45) is 1.56. The summed E-state index contributed by atoms with van der Waals surface area (Å²) in [6, 6.07) is 12.0. The molecule has 10 rings (SSSR count). The first kappa shape index (κ1) is 61.8. The van der Waals surface area contributed by atoms with Gasteiger partial charge in [0, 0.05) is 98.6 Å². The van der Waals surface area contributed by atoms with Crippen LogP contribution in [0.25, 0.3) is 22.5 Å². The van der Waals surface area contributed by atoms with E-state index in [0.717, 1.165) is 68.4 Å². The molecule has 0 unspecified atom stereocenters. The van der Waals surface area contributed by atoms with Crippen molar-refractivity contribution >= 4 is 40.5 Å². The zero-order chi connectivity index (χ0) is 59.8. The second-order valence-corrected chi connectivity index (χ2v) is 23.4. The molecule has 454 valence electrons. The van der Waals surface area contributed by atoms with Crippen molar-refractivity contribution in [2.24, 2.45) is 0 Å². The van der Waals surface area contributed by atoms with Crippen LogP contribution in [0.1, 0.15) is 141 Å². The summed E-state index contributed by atoms with van der Waals surface area (Å²) in [5.74, 6) is -5.75. The quantitative estimate of drug-likeness (QED) is 0.0493. The summed E-state index contributed by atoms with van der Waals surface area (Å²) in [6.45, 7) is 3.12. The van der Waals surface area contributed by atoms with Gasteiger partial charge in [0.25, 0.3) is 17.8 Å². The van der Waals surface area contributed by atoms with Crippen LogP contribution in [0.4, 0.5) is 54.9 Å². The van der Waals surface area contributed by atoms with Gasteiger partial charge in [-0.3, -0.25) is 33.5 Å². The summed E-state index contributed by atoms with van der Waals surface area (Å²) < 4.78 is 142. The minimum absolute atomic E-state index is 0.00551. The fourth-order valence-corrected chi connectivity index (χ4v) is 12.4. The summed E-state index contributed by atoms with van der Waals surface area (Å²) in [7, 11) is 0. The van der Waals surface area contributed by atoms with Crippen LogP contribution in [0.3, 0.4) is 0 Å². The van der Waals surface area contributed by atoms with Gasteiger partial charge in [0.15, 0.2) is 16.6 Å². The Balaban J connectivity index is 0.000000202. The van der Waals surface area contributed by atoms with Gasteiger partial charge in [0.2, 0.25) is 12.3 Å². The highest BCUT2D eigenvalue weighted by molar-refractivity contribution is 7.15. The maximum Gasteiger partial charge on any atom is 0.417 e. The third-order valence-corrected chi connectivity index (χ3v) is 16.8. The first-order valence-corrected chi connectivity index (χ1v) is 29.2. The van der Waals surface area contributed by atoms with Gasteiger partial charge in [-0.2, -0.15) is 36.5 Å². The van der Waals surface area contributed by atoms with E-state index in [4.69, 9.17) is 0 Å². The van der Waals surface area contributed by atoms with Crippen molar-refractivity contribution in [1.29, 1.82) is 0 Å². The van der Waals surface area contributed by atoms with Crippen LogP contribution in [0, 0.1) is 6.92 Å². The Morgan fingerprint density at radius 1 is 0.774 bits per heavy atom. The summed E-state index contributed by atoms with van der Waals surface area (Å²) in [5, 5.41) is 23.0. The van der Waals surface area contributed by atoms with Crippen molar-refractivity contribution in [3.8, 4) is 22.5 Å². The highest BCUT2D eigenvalue weighted by Crippen LogP contribution is 2.43. The second kappa shape index (κ2) is 26.7. The number of nitrogens with one attached hydrogen (secondary N) is 3. The Morgan fingerprint density at radius 2 is 1.37 bits per heavy atom. The number of hydrogen-bond acceptors (Lipinski definition) is 11. The van der Waals surface area contributed by atoms with Crippen molar-refractivity contribution in [3.05, 3.63) is 101 Å². The number of carbonyl (C=O) groups is 3. The molecule has 0 spiro atoms. The molecule has 3 N–H and O–H groups in total. The molecular formula is C57H67F10N13O3S. The third-order valence-electron chi connectivity index (χ3n) is 16.0. The van der Waals surface area contributed by atoms with Crippen LogP contribution in [0.5, 0.6) is 0 Å². The minimum Gasteiger partial charge on any atom is -0.347 e. The molecule has 27 heteroatoms. The van der Waals surface area contributed by atoms with Crippen LogP contribution >= 0.6 is 11.3 Å². The number of rotatable bonds is 20. The number of amides is 3. The summed E-state index contributed by atoms with van der Waals surface area (Å²) in [5.41, 5.74) is -1.18. The molecule has 2 saturated heterocycles. The number of alkyl halides is 10. The van der Waals surface area contributed by atoms with E-state index in [2.05, 4.69) is 41.0 Å². The standard InChI is InChI=1S/C30H35F5N6O2S.C27H32F5N7O/c1-20-18-36-28(44-20)37-27(43)16-22(10-13-39-14-11-29(31,32)12-15-39)40(19-42)26-17-25(41(38-26)21-6-2-3-7-21)23-8-4-5-9-24(23)30(33,34)35;28-26(29)11-5-12-38(16-26)13-10-18(14-24-33-17-34-36-24)35-25(40)22-15-23(39(37-22)19-6-1-2-7-19)20-8-3-4-9-21(20)27(30,31)32/h4-5,8-9,17-19,21-22H,2-3,6-7,10-16H2,1H3,(H,36,37,43);3-4,8-9,15,17-19H,1-2,5-7,10-14,16H2,(H,35,40)(H,33,34,36)/t22-;18-/m00/s1. The number of aromatic amines is 1. The predicted octanol–water partition coefficient (Wildman–Crippen LogP) is 12.2. The van der Waals surface area contributed by atoms with Gasteiger partial charge in [-0.15, -0.1) is 21.5 Å². The largest absolute Gasteiger partial charge is 0.417 e. The topological polar surface area (TPSA) is 175 Å². The molecule has 2 saturated carbocycles. The summed E-state index contributed by atoms with van der Waals surface area (Å²) in [4.78, 5) is 52.0. The van der Waals surface area contributed by atoms with Gasteiger partial charge in [-0.25, -0.2) is 22.5 Å². The fraction of sp³-hybridized carbons (Fsp3) is 0.544. The Morgan fingerprint density at radius 3 is 1.93 bits per heavy atom. The molecule has 16 nitrogen and oxygen atoms in total.